The average Bonchev–Trinajstić information content (AvgIpc) is 2.36. The summed E-state index contributed by atoms with van der Waals surface area (Å²) in [4.78, 5) is 14.6. The summed E-state index contributed by atoms with van der Waals surface area (Å²) < 4.78 is 31.0. The van der Waals surface area contributed by atoms with Gasteiger partial charge in [-0.05, 0) is 25.1 Å². The Morgan fingerprint density at radius 1 is 1.26 bits per heavy atom. The molecule has 0 aliphatic rings. The highest BCUT2D eigenvalue weighted by atomic mass is 19.2. The number of carboxylic acids is 1. The van der Waals surface area contributed by atoms with Crippen molar-refractivity contribution in [2.24, 2.45) is 0 Å². The summed E-state index contributed by atoms with van der Waals surface area (Å²) in [5.74, 6) is -2.89. The molecule has 0 saturated carbocycles. The molecule has 0 saturated heterocycles. The first-order valence-corrected chi connectivity index (χ1v) is 5.30. The van der Waals surface area contributed by atoms with E-state index >= 15 is 0 Å². The minimum atomic E-state index is -1.10. The normalized spacial score (nSPS) is 10.3. The van der Waals surface area contributed by atoms with Crippen LogP contribution in [0.1, 0.15) is 15.9 Å². The van der Waals surface area contributed by atoms with E-state index in [1.165, 1.54) is 12.1 Å². The number of hydrogen-bond acceptors (Lipinski definition) is 3. The van der Waals surface area contributed by atoms with Gasteiger partial charge >= 0.3 is 5.97 Å². The summed E-state index contributed by atoms with van der Waals surface area (Å²) in [6.45, 7) is 1.61. The summed E-state index contributed by atoms with van der Waals surface area (Å²) in [5.41, 5.74) is 0.500. The minimum absolute atomic E-state index is 0.0233. The number of carbonyl (C=O) groups is 1. The molecule has 2 aromatic rings. The molecule has 0 aliphatic heterocycles. The third-order valence-corrected chi connectivity index (χ3v) is 2.38. The number of aryl methyl sites for hydroxylation is 1. The van der Waals surface area contributed by atoms with E-state index in [0.29, 0.717) is 5.56 Å². The molecule has 0 bridgehead atoms. The van der Waals surface area contributed by atoms with E-state index in [9.17, 15) is 13.6 Å². The van der Waals surface area contributed by atoms with Crippen LogP contribution in [0.4, 0.5) is 8.78 Å². The molecule has 0 fully saturated rings. The van der Waals surface area contributed by atoms with Crippen molar-refractivity contribution < 1.29 is 23.4 Å². The molecule has 0 amide bonds. The van der Waals surface area contributed by atoms with E-state index in [0.717, 1.165) is 18.3 Å². The van der Waals surface area contributed by atoms with Gasteiger partial charge in [-0.2, -0.15) is 0 Å². The third kappa shape index (κ3) is 2.85. The number of pyridine rings is 1. The lowest BCUT2D eigenvalue weighted by atomic mass is 10.2. The summed E-state index contributed by atoms with van der Waals surface area (Å²) >= 11 is 0. The molecule has 1 N–H and O–H groups in total. The van der Waals surface area contributed by atoms with Crippen molar-refractivity contribution in [3.63, 3.8) is 0 Å². The van der Waals surface area contributed by atoms with E-state index in [1.807, 2.05) is 0 Å². The quantitative estimate of drug-likeness (QED) is 0.926. The number of aromatic nitrogens is 1. The zero-order valence-corrected chi connectivity index (χ0v) is 9.85. The van der Waals surface area contributed by atoms with Crippen LogP contribution in [0.5, 0.6) is 11.6 Å². The lowest BCUT2D eigenvalue weighted by molar-refractivity contribution is 0.0696. The minimum Gasteiger partial charge on any atom is -0.478 e. The van der Waals surface area contributed by atoms with Gasteiger partial charge in [-0.15, -0.1) is 0 Å². The van der Waals surface area contributed by atoms with Crippen LogP contribution in [-0.4, -0.2) is 16.1 Å². The molecule has 4 nitrogen and oxygen atoms in total. The van der Waals surface area contributed by atoms with Crippen molar-refractivity contribution in [1.82, 2.24) is 4.98 Å². The summed E-state index contributed by atoms with van der Waals surface area (Å²) in [6, 6.07) is 4.46. The molecule has 1 heterocycles. The van der Waals surface area contributed by atoms with Crippen LogP contribution < -0.4 is 4.74 Å². The number of carboxylic acid groups (broad SMARTS) is 1. The van der Waals surface area contributed by atoms with Gasteiger partial charge < -0.3 is 9.84 Å². The van der Waals surface area contributed by atoms with Crippen LogP contribution in [0.2, 0.25) is 0 Å². The van der Waals surface area contributed by atoms with Crippen molar-refractivity contribution in [3.05, 3.63) is 53.2 Å². The smallest absolute Gasteiger partial charge is 0.337 e. The van der Waals surface area contributed by atoms with E-state index in [-0.39, 0.29) is 17.2 Å². The SMILES string of the molecule is Cc1cc(C(=O)O)cnc1Oc1ccc(F)c(F)c1. The zero-order valence-electron chi connectivity index (χ0n) is 9.85. The number of benzene rings is 1. The number of hydrogen-bond donors (Lipinski definition) is 1. The highest BCUT2D eigenvalue weighted by molar-refractivity contribution is 5.87. The van der Waals surface area contributed by atoms with Crippen LogP contribution in [0.3, 0.4) is 0 Å². The summed E-state index contributed by atoms with van der Waals surface area (Å²) in [6.07, 6.45) is 1.13. The van der Waals surface area contributed by atoms with Crippen LogP contribution in [0.25, 0.3) is 0 Å². The molecule has 0 spiro atoms. The Bertz CT molecular complexity index is 644. The lowest BCUT2D eigenvalue weighted by Crippen LogP contribution is -2.00. The predicted octanol–water partition coefficient (Wildman–Crippen LogP) is 3.16. The van der Waals surface area contributed by atoms with Crippen LogP contribution in [-0.2, 0) is 0 Å². The monoisotopic (exact) mass is 265 g/mol. The molecule has 2 rings (SSSR count). The van der Waals surface area contributed by atoms with Gasteiger partial charge in [0.2, 0.25) is 5.88 Å². The molecule has 6 heteroatoms. The highest BCUT2D eigenvalue weighted by Crippen LogP contribution is 2.24. The van der Waals surface area contributed by atoms with E-state index < -0.39 is 17.6 Å². The van der Waals surface area contributed by atoms with Crippen molar-refractivity contribution in [2.45, 2.75) is 6.92 Å². The topological polar surface area (TPSA) is 59.4 Å². The molecule has 1 aromatic heterocycles. The van der Waals surface area contributed by atoms with Gasteiger partial charge in [-0.25, -0.2) is 18.6 Å². The number of nitrogens with zero attached hydrogens (tertiary/aromatic N) is 1. The molecular weight excluding hydrogens is 256 g/mol. The third-order valence-electron chi connectivity index (χ3n) is 2.38. The maximum Gasteiger partial charge on any atom is 0.337 e. The molecular formula is C13H9F2NO3. The fourth-order valence-electron chi connectivity index (χ4n) is 1.44. The second kappa shape index (κ2) is 5.01. The van der Waals surface area contributed by atoms with E-state index in [2.05, 4.69) is 4.98 Å². The van der Waals surface area contributed by atoms with Gasteiger partial charge in [0, 0.05) is 17.8 Å². The maximum atomic E-state index is 13.0. The first kappa shape index (κ1) is 12.9. The number of rotatable bonds is 3. The summed E-state index contributed by atoms with van der Waals surface area (Å²) in [5, 5.41) is 8.78. The molecule has 98 valence electrons. The fourth-order valence-corrected chi connectivity index (χ4v) is 1.44. The van der Waals surface area contributed by atoms with Crippen LogP contribution >= 0.6 is 0 Å². The summed E-state index contributed by atoms with van der Waals surface area (Å²) in [7, 11) is 0. The first-order valence-electron chi connectivity index (χ1n) is 5.30. The largest absolute Gasteiger partial charge is 0.478 e. The molecule has 0 unspecified atom stereocenters. The van der Waals surface area contributed by atoms with Crippen LogP contribution in [0, 0.1) is 18.6 Å². The second-order valence-electron chi connectivity index (χ2n) is 3.83. The number of halogens is 2. The maximum absolute atomic E-state index is 13.0. The fraction of sp³-hybridized carbons (Fsp3) is 0.0769. The highest BCUT2D eigenvalue weighted by Gasteiger charge is 2.10. The molecule has 19 heavy (non-hydrogen) atoms. The Morgan fingerprint density at radius 2 is 2.00 bits per heavy atom. The van der Waals surface area contributed by atoms with Crippen molar-refractivity contribution in [1.29, 1.82) is 0 Å². The van der Waals surface area contributed by atoms with Crippen molar-refractivity contribution in [3.8, 4) is 11.6 Å². The molecule has 0 radical (unpaired) electrons. The van der Waals surface area contributed by atoms with Gasteiger partial charge in [0.05, 0.1) is 5.56 Å². The Morgan fingerprint density at radius 3 is 2.58 bits per heavy atom. The Labute approximate surface area is 107 Å². The lowest BCUT2D eigenvalue weighted by Gasteiger charge is -2.08. The second-order valence-corrected chi connectivity index (χ2v) is 3.83. The molecule has 1 aromatic carbocycles. The van der Waals surface area contributed by atoms with Crippen LogP contribution in [0.15, 0.2) is 30.5 Å². The van der Waals surface area contributed by atoms with E-state index in [1.54, 1.807) is 6.92 Å². The van der Waals surface area contributed by atoms with Gasteiger partial charge in [-0.1, -0.05) is 0 Å². The predicted molar refractivity (Wildman–Crippen MR) is 62.4 cm³/mol. The van der Waals surface area contributed by atoms with E-state index in [4.69, 9.17) is 9.84 Å². The van der Waals surface area contributed by atoms with Gasteiger partial charge in [0.15, 0.2) is 11.6 Å². The average molecular weight is 265 g/mol. The molecule has 0 aliphatic carbocycles. The van der Waals surface area contributed by atoms with Crippen molar-refractivity contribution >= 4 is 5.97 Å². The van der Waals surface area contributed by atoms with Crippen molar-refractivity contribution in [2.75, 3.05) is 0 Å². The number of aromatic carboxylic acids is 1. The standard InChI is InChI=1S/C13H9F2NO3/c1-7-4-8(13(17)18)6-16-12(7)19-9-2-3-10(14)11(15)5-9/h2-6H,1H3,(H,17,18). The Hall–Kier alpha value is -2.50. The first-order chi connectivity index (χ1) is 8.97. The Balaban J connectivity index is 2.28. The number of ether oxygens (including phenoxy) is 1. The van der Waals surface area contributed by atoms with Gasteiger partial charge in [0.1, 0.15) is 5.75 Å². The Kier molecular flexibility index (Phi) is 3.41. The molecule has 0 atom stereocenters. The zero-order chi connectivity index (χ0) is 14.0. The van der Waals surface area contributed by atoms with Gasteiger partial charge in [-0.3, -0.25) is 0 Å². The van der Waals surface area contributed by atoms with Gasteiger partial charge in [0.25, 0.3) is 0 Å².